The number of benzene rings is 2. The molecular formula is C21H26N2O2. The summed E-state index contributed by atoms with van der Waals surface area (Å²) in [5.74, 6) is 0.868. The Morgan fingerprint density at radius 2 is 1.64 bits per heavy atom. The zero-order valence-electron chi connectivity index (χ0n) is 14.8. The van der Waals surface area contributed by atoms with E-state index in [2.05, 4.69) is 36.5 Å². The Kier molecular flexibility index (Phi) is 6.07. The third kappa shape index (κ3) is 4.83. The molecule has 1 heterocycles. The molecule has 1 aliphatic rings. The van der Waals surface area contributed by atoms with Crippen molar-refractivity contribution in [3.8, 4) is 5.75 Å². The van der Waals surface area contributed by atoms with E-state index in [1.807, 2.05) is 29.2 Å². The number of rotatable bonds is 7. The van der Waals surface area contributed by atoms with Crippen LogP contribution in [0.2, 0.25) is 0 Å². The van der Waals surface area contributed by atoms with Gasteiger partial charge in [-0.2, -0.15) is 0 Å². The Morgan fingerprint density at radius 3 is 2.40 bits per heavy atom. The first-order chi connectivity index (χ1) is 12.2. The molecule has 1 aliphatic heterocycles. The zero-order chi connectivity index (χ0) is 17.5. The summed E-state index contributed by atoms with van der Waals surface area (Å²) < 4.78 is 5.81. The quantitative estimate of drug-likeness (QED) is 0.842. The average molecular weight is 338 g/mol. The molecule has 0 aromatic heterocycles. The second-order valence-corrected chi connectivity index (χ2v) is 6.51. The van der Waals surface area contributed by atoms with Gasteiger partial charge < -0.3 is 15.0 Å². The highest BCUT2D eigenvalue weighted by atomic mass is 16.5. The molecule has 4 heteroatoms. The van der Waals surface area contributed by atoms with E-state index < -0.39 is 0 Å². The van der Waals surface area contributed by atoms with Gasteiger partial charge in [-0.3, -0.25) is 4.79 Å². The van der Waals surface area contributed by atoms with Crippen LogP contribution in [0.15, 0.2) is 48.5 Å². The van der Waals surface area contributed by atoms with E-state index in [0.29, 0.717) is 6.54 Å². The molecule has 1 fully saturated rings. The lowest BCUT2D eigenvalue weighted by Gasteiger charge is -2.17. The van der Waals surface area contributed by atoms with Gasteiger partial charge in [-0.1, -0.05) is 42.5 Å². The van der Waals surface area contributed by atoms with Crippen LogP contribution >= 0.6 is 0 Å². The largest absolute Gasteiger partial charge is 0.483 e. The monoisotopic (exact) mass is 338 g/mol. The number of ether oxygens (including phenoxy) is 1. The summed E-state index contributed by atoms with van der Waals surface area (Å²) in [5, 5.41) is 3.47. The molecule has 0 atom stereocenters. The lowest BCUT2D eigenvalue weighted by atomic mass is 10.1. The van der Waals surface area contributed by atoms with E-state index in [-0.39, 0.29) is 12.5 Å². The molecule has 25 heavy (non-hydrogen) atoms. The van der Waals surface area contributed by atoms with Crippen LogP contribution in [0, 0.1) is 6.92 Å². The van der Waals surface area contributed by atoms with E-state index in [0.717, 1.165) is 43.8 Å². The highest BCUT2D eigenvalue weighted by Crippen LogP contribution is 2.18. The second-order valence-electron chi connectivity index (χ2n) is 6.51. The van der Waals surface area contributed by atoms with Crippen molar-refractivity contribution in [2.24, 2.45) is 0 Å². The topological polar surface area (TPSA) is 41.6 Å². The van der Waals surface area contributed by atoms with Gasteiger partial charge in [0.2, 0.25) is 0 Å². The number of hydrogen-bond donors (Lipinski definition) is 1. The van der Waals surface area contributed by atoms with E-state index >= 15 is 0 Å². The molecule has 0 spiro atoms. The van der Waals surface area contributed by atoms with Gasteiger partial charge in [0.25, 0.3) is 5.91 Å². The summed E-state index contributed by atoms with van der Waals surface area (Å²) in [7, 11) is 0. The molecule has 0 saturated carbocycles. The minimum atomic E-state index is 0.0835. The summed E-state index contributed by atoms with van der Waals surface area (Å²) in [6, 6.07) is 16.3. The van der Waals surface area contributed by atoms with Crippen molar-refractivity contribution >= 4 is 5.91 Å². The zero-order valence-corrected chi connectivity index (χ0v) is 14.8. The maximum atomic E-state index is 12.2. The summed E-state index contributed by atoms with van der Waals surface area (Å²) in [6.45, 7) is 5.49. The summed E-state index contributed by atoms with van der Waals surface area (Å²) in [5.41, 5.74) is 3.66. The normalized spacial score (nSPS) is 13.9. The molecule has 4 nitrogen and oxygen atoms in total. The smallest absolute Gasteiger partial charge is 0.260 e. The molecule has 0 unspecified atom stereocenters. The predicted molar refractivity (Wildman–Crippen MR) is 99.5 cm³/mol. The molecule has 2 aromatic rings. The van der Waals surface area contributed by atoms with E-state index in [1.165, 1.54) is 11.1 Å². The van der Waals surface area contributed by atoms with Gasteiger partial charge in [-0.25, -0.2) is 0 Å². The van der Waals surface area contributed by atoms with Gasteiger partial charge in [0.1, 0.15) is 5.75 Å². The average Bonchev–Trinajstić information content (AvgIpc) is 3.17. The van der Waals surface area contributed by atoms with Crippen molar-refractivity contribution < 1.29 is 9.53 Å². The number of carbonyl (C=O) groups excluding carboxylic acids is 1. The number of nitrogens with zero attached hydrogens (tertiary/aromatic N) is 1. The fourth-order valence-corrected chi connectivity index (χ4v) is 3.13. The van der Waals surface area contributed by atoms with Crippen LogP contribution in [0.1, 0.15) is 29.5 Å². The van der Waals surface area contributed by atoms with Gasteiger partial charge in [0.15, 0.2) is 6.61 Å². The minimum absolute atomic E-state index is 0.0835. The first-order valence-corrected chi connectivity index (χ1v) is 8.98. The SMILES string of the molecule is Cc1ccccc1CNCc1ccccc1OCC(=O)N1CCCC1. The number of likely N-dealkylation sites (tertiary alicyclic amines) is 1. The Bertz CT molecular complexity index is 709. The van der Waals surface area contributed by atoms with Gasteiger partial charge in [0, 0.05) is 31.7 Å². The number of carbonyl (C=O) groups is 1. The number of para-hydroxylation sites is 1. The molecule has 132 valence electrons. The van der Waals surface area contributed by atoms with Crippen LogP contribution in [0.5, 0.6) is 5.75 Å². The molecular weight excluding hydrogens is 312 g/mol. The second kappa shape index (κ2) is 8.67. The highest BCUT2D eigenvalue weighted by molar-refractivity contribution is 5.78. The first-order valence-electron chi connectivity index (χ1n) is 8.98. The van der Waals surface area contributed by atoms with Gasteiger partial charge >= 0.3 is 0 Å². The molecule has 0 bridgehead atoms. The van der Waals surface area contributed by atoms with Crippen LogP contribution in [0.4, 0.5) is 0 Å². The Labute approximate surface area is 149 Å². The summed E-state index contributed by atoms with van der Waals surface area (Å²) >= 11 is 0. The Balaban J connectivity index is 1.53. The van der Waals surface area contributed by atoms with Crippen LogP contribution in [0.25, 0.3) is 0 Å². The first kappa shape index (κ1) is 17.5. The summed E-state index contributed by atoms with van der Waals surface area (Å²) in [6.07, 6.45) is 2.20. The third-order valence-corrected chi connectivity index (χ3v) is 4.67. The predicted octanol–water partition coefficient (Wildman–Crippen LogP) is 3.29. The number of amides is 1. The standard InChI is InChI=1S/C21H26N2O2/c1-17-8-2-3-9-18(17)14-22-15-19-10-4-5-11-20(19)25-16-21(24)23-12-6-7-13-23/h2-5,8-11,22H,6-7,12-16H2,1H3. The van der Waals surface area contributed by atoms with Crippen molar-refractivity contribution in [3.63, 3.8) is 0 Å². The van der Waals surface area contributed by atoms with Crippen molar-refractivity contribution in [2.45, 2.75) is 32.9 Å². The van der Waals surface area contributed by atoms with Crippen LogP contribution < -0.4 is 10.1 Å². The molecule has 3 rings (SSSR count). The molecule has 1 N–H and O–H groups in total. The Hall–Kier alpha value is -2.33. The van der Waals surface area contributed by atoms with Crippen LogP contribution in [0.3, 0.4) is 0 Å². The van der Waals surface area contributed by atoms with Crippen LogP contribution in [-0.4, -0.2) is 30.5 Å². The maximum absolute atomic E-state index is 12.2. The van der Waals surface area contributed by atoms with Gasteiger partial charge in [-0.05, 0) is 37.0 Å². The highest BCUT2D eigenvalue weighted by Gasteiger charge is 2.18. The molecule has 1 amide bonds. The van der Waals surface area contributed by atoms with Crippen molar-refractivity contribution in [3.05, 3.63) is 65.2 Å². The fraction of sp³-hybridized carbons (Fsp3) is 0.381. The van der Waals surface area contributed by atoms with E-state index in [4.69, 9.17) is 4.74 Å². The number of nitrogens with one attached hydrogen (secondary N) is 1. The lowest BCUT2D eigenvalue weighted by molar-refractivity contribution is -0.132. The van der Waals surface area contributed by atoms with Crippen LogP contribution in [-0.2, 0) is 17.9 Å². The Morgan fingerprint density at radius 1 is 1.00 bits per heavy atom. The molecule has 2 aromatic carbocycles. The van der Waals surface area contributed by atoms with E-state index in [1.54, 1.807) is 0 Å². The fourth-order valence-electron chi connectivity index (χ4n) is 3.13. The van der Waals surface area contributed by atoms with Crippen molar-refractivity contribution in [1.82, 2.24) is 10.2 Å². The lowest BCUT2D eigenvalue weighted by Crippen LogP contribution is -2.32. The summed E-state index contributed by atoms with van der Waals surface area (Å²) in [4.78, 5) is 14.0. The van der Waals surface area contributed by atoms with Crippen molar-refractivity contribution in [2.75, 3.05) is 19.7 Å². The number of hydrogen-bond acceptors (Lipinski definition) is 3. The van der Waals surface area contributed by atoms with E-state index in [9.17, 15) is 4.79 Å². The molecule has 0 aliphatic carbocycles. The van der Waals surface area contributed by atoms with Crippen molar-refractivity contribution in [1.29, 1.82) is 0 Å². The number of aryl methyl sites for hydroxylation is 1. The third-order valence-electron chi connectivity index (χ3n) is 4.67. The van der Waals surface area contributed by atoms with Gasteiger partial charge in [0.05, 0.1) is 0 Å². The van der Waals surface area contributed by atoms with Gasteiger partial charge in [-0.15, -0.1) is 0 Å². The minimum Gasteiger partial charge on any atom is -0.483 e. The molecule has 1 saturated heterocycles. The molecule has 0 radical (unpaired) electrons. The maximum Gasteiger partial charge on any atom is 0.260 e.